The lowest BCUT2D eigenvalue weighted by Crippen LogP contribution is -2.41. The van der Waals surface area contributed by atoms with E-state index in [1.54, 1.807) is 7.05 Å². The fourth-order valence-electron chi connectivity index (χ4n) is 4.63. The Hall–Kier alpha value is -2.11. The molecule has 1 aliphatic carbocycles. The molecule has 2 aromatic rings. The minimum Gasteiger partial charge on any atom is -0.399 e. The van der Waals surface area contributed by atoms with E-state index in [0.29, 0.717) is 23.6 Å². The number of hydrogen-bond acceptors (Lipinski definition) is 6. The molecule has 196 valence electrons. The Morgan fingerprint density at radius 2 is 1.58 bits per heavy atom. The first-order valence-corrected chi connectivity index (χ1v) is 13.7. The number of pyridine rings is 1. The summed E-state index contributed by atoms with van der Waals surface area (Å²) in [7, 11) is -1.53. The summed E-state index contributed by atoms with van der Waals surface area (Å²) in [6.07, 6.45) is -0.737. The summed E-state index contributed by atoms with van der Waals surface area (Å²) in [5.74, 6) is 0.408. The van der Waals surface area contributed by atoms with Crippen LogP contribution in [0.3, 0.4) is 0 Å². The Balaban J connectivity index is 1.40. The van der Waals surface area contributed by atoms with E-state index in [1.807, 2.05) is 52.0 Å². The Morgan fingerprint density at radius 3 is 2.06 bits per heavy atom. The molecular weight excluding hydrogens is 490 g/mol. The van der Waals surface area contributed by atoms with Crippen molar-refractivity contribution in [3.63, 3.8) is 0 Å². The van der Waals surface area contributed by atoms with Crippen molar-refractivity contribution >= 4 is 28.1 Å². The van der Waals surface area contributed by atoms with Crippen LogP contribution in [0.4, 0.5) is 19.0 Å². The average Bonchev–Trinajstić information content (AvgIpc) is 3.05. The SMILES string of the molecule is CN=S(=O)(c1ccc(B2OC(C)(C)C(C)(C)O2)cc1)C1CCC(Nc2ccc(C(F)(F)F)cn2)CC1. The van der Waals surface area contributed by atoms with Gasteiger partial charge in [-0.2, -0.15) is 13.2 Å². The molecule has 0 bridgehead atoms. The maximum absolute atomic E-state index is 14.0. The van der Waals surface area contributed by atoms with Gasteiger partial charge in [0.05, 0.1) is 26.5 Å². The van der Waals surface area contributed by atoms with Crippen molar-refractivity contribution in [3.05, 3.63) is 48.2 Å². The van der Waals surface area contributed by atoms with Crippen LogP contribution in [0.15, 0.2) is 51.9 Å². The zero-order valence-corrected chi connectivity index (χ0v) is 22.1. The third-order valence-electron chi connectivity index (χ3n) is 7.58. The van der Waals surface area contributed by atoms with Crippen molar-refractivity contribution in [3.8, 4) is 0 Å². The summed E-state index contributed by atoms with van der Waals surface area (Å²) in [6, 6.07) is 9.92. The number of aromatic nitrogens is 1. The van der Waals surface area contributed by atoms with Crippen LogP contribution in [0.5, 0.6) is 0 Å². The van der Waals surface area contributed by atoms with Crippen molar-refractivity contribution < 1.29 is 26.7 Å². The van der Waals surface area contributed by atoms with Gasteiger partial charge in [0.2, 0.25) is 0 Å². The zero-order chi connectivity index (χ0) is 26.4. The van der Waals surface area contributed by atoms with E-state index in [4.69, 9.17) is 9.31 Å². The molecule has 2 heterocycles. The molecule has 1 unspecified atom stereocenters. The fourth-order valence-corrected chi connectivity index (χ4v) is 6.96. The number of halogens is 3. The van der Waals surface area contributed by atoms with Crippen molar-refractivity contribution in [2.45, 2.75) is 86.9 Å². The standard InChI is InChI=1S/C25H33BF3N3O3S/c1-23(2)24(3,4)35-26(34-23)18-7-11-20(12-8-18)36(33,30-5)21-13-9-19(10-14-21)32-22-15-6-17(16-31-22)25(27,28)29/h6-8,11-12,15-16,19,21H,9-10,13-14H2,1-5H3,(H,31,32). The molecule has 1 aromatic carbocycles. The number of anilines is 1. The summed E-state index contributed by atoms with van der Waals surface area (Å²) in [4.78, 5) is 4.59. The van der Waals surface area contributed by atoms with Crippen LogP contribution < -0.4 is 10.8 Å². The zero-order valence-electron chi connectivity index (χ0n) is 21.3. The molecule has 1 aliphatic heterocycles. The molecule has 1 N–H and O–H groups in total. The summed E-state index contributed by atoms with van der Waals surface area (Å²) in [5, 5.41) is 3.10. The highest BCUT2D eigenvalue weighted by molar-refractivity contribution is 7.94. The van der Waals surface area contributed by atoms with Gasteiger partial charge in [0.1, 0.15) is 5.82 Å². The van der Waals surface area contributed by atoms with E-state index in [9.17, 15) is 17.4 Å². The van der Waals surface area contributed by atoms with Gasteiger partial charge in [-0.25, -0.2) is 13.6 Å². The molecule has 1 saturated carbocycles. The molecule has 2 fully saturated rings. The molecule has 36 heavy (non-hydrogen) atoms. The van der Waals surface area contributed by atoms with Gasteiger partial charge < -0.3 is 14.6 Å². The van der Waals surface area contributed by atoms with E-state index < -0.39 is 39.8 Å². The smallest absolute Gasteiger partial charge is 0.399 e. The lowest BCUT2D eigenvalue weighted by atomic mass is 9.79. The van der Waals surface area contributed by atoms with Gasteiger partial charge in [0, 0.05) is 29.4 Å². The predicted molar refractivity (Wildman–Crippen MR) is 136 cm³/mol. The van der Waals surface area contributed by atoms with Gasteiger partial charge in [-0.05, 0) is 83.1 Å². The Kier molecular flexibility index (Phi) is 7.22. The first kappa shape index (κ1) is 26.9. The predicted octanol–water partition coefficient (Wildman–Crippen LogP) is 5.28. The molecule has 0 radical (unpaired) electrons. The number of benzene rings is 1. The number of hydrogen-bond donors (Lipinski definition) is 1. The second-order valence-corrected chi connectivity index (χ2v) is 13.1. The molecule has 0 amide bonds. The second-order valence-electron chi connectivity index (χ2n) is 10.5. The lowest BCUT2D eigenvalue weighted by Gasteiger charge is -2.32. The molecule has 11 heteroatoms. The van der Waals surface area contributed by atoms with Gasteiger partial charge in [-0.1, -0.05) is 12.1 Å². The monoisotopic (exact) mass is 523 g/mol. The number of nitrogens with one attached hydrogen (secondary N) is 1. The van der Waals surface area contributed by atoms with Crippen LogP contribution in [0.2, 0.25) is 0 Å². The molecule has 0 spiro atoms. The normalized spacial score (nSPS) is 25.3. The van der Waals surface area contributed by atoms with Crippen molar-refractivity contribution in [2.24, 2.45) is 4.36 Å². The van der Waals surface area contributed by atoms with Gasteiger partial charge in [-0.3, -0.25) is 0 Å². The summed E-state index contributed by atoms with van der Waals surface area (Å²) in [5.41, 5.74) is -0.783. The Labute approximate surface area is 211 Å². The van der Waals surface area contributed by atoms with Gasteiger partial charge in [0.25, 0.3) is 0 Å². The van der Waals surface area contributed by atoms with Crippen LogP contribution >= 0.6 is 0 Å². The third kappa shape index (κ3) is 5.29. The second kappa shape index (κ2) is 9.65. The van der Waals surface area contributed by atoms with Crippen LogP contribution in [-0.2, 0) is 25.2 Å². The number of alkyl halides is 3. The highest BCUT2D eigenvalue weighted by Crippen LogP contribution is 2.37. The lowest BCUT2D eigenvalue weighted by molar-refractivity contribution is -0.137. The van der Waals surface area contributed by atoms with E-state index >= 15 is 0 Å². The summed E-state index contributed by atoms with van der Waals surface area (Å²) < 4.78 is 68.8. The van der Waals surface area contributed by atoms with E-state index in [1.165, 1.54) is 6.07 Å². The summed E-state index contributed by atoms with van der Waals surface area (Å²) >= 11 is 0. The third-order valence-corrected chi connectivity index (χ3v) is 10.4. The van der Waals surface area contributed by atoms with Gasteiger partial charge in [0.15, 0.2) is 0 Å². The molecular formula is C25H33BF3N3O3S. The largest absolute Gasteiger partial charge is 0.494 e. The minimum absolute atomic E-state index is 0.0525. The molecule has 1 atom stereocenters. The minimum atomic E-state index is -4.41. The summed E-state index contributed by atoms with van der Waals surface area (Å²) in [6.45, 7) is 8.01. The highest BCUT2D eigenvalue weighted by atomic mass is 32.2. The fraction of sp³-hybridized carbons (Fsp3) is 0.560. The van der Waals surface area contributed by atoms with Crippen LogP contribution in [0, 0.1) is 0 Å². The first-order valence-electron chi connectivity index (χ1n) is 12.1. The highest BCUT2D eigenvalue weighted by Gasteiger charge is 2.51. The molecule has 1 aromatic heterocycles. The quantitative estimate of drug-likeness (QED) is 0.540. The van der Waals surface area contributed by atoms with Crippen LogP contribution in [0.25, 0.3) is 0 Å². The maximum atomic E-state index is 14.0. The van der Waals surface area contributed by atoms with Crippen LogP contribution in [0.1, 0.15) is 58.9 Å². The molecule has 1 saturated heterocycles. The van der Waals surface area contributed by atoms with E-state index in [2.05, 4.69) is 14.7 Å². The van der Waals surface area contributed by atoms with Crippen molar-refractivity contribution in [2.75, 3.05) is 12.4 Å². The van der Waals surface area contributed by atoms with Gasteiger partial charge in [-0.15, -0.1) is 0 Å². The molecule has 6 nitrogen and oxygen atoms in total. The molecule has 2 aliphatic rings. The first-order chi connectivity index (χ1) is 16.7. The Morgan fingerprint density at radius 1 is 1.00 bits per heavy atom. The number of nitrogens with zero attached hydrogens (tertiary/aromatic N) is 2. The van der Waals surface area contributed by atoms with E-state index in [0.717, 1.165) is 30.6 Å². The maximum Gasteiger partial charge on any atom is 0.494 e. The Bertz CT molecular complexity index is 1170. The number of rotatable bonds is 5. The van der Waals surface area contributed by atoms with Crippen molar-refractivity contribution in [1.29, 1.82) is 0 Å². The van der Waals surface area contributed by atoms with Gasteiger partial charge >= 0.3 is 13.3 Å². The average molecular weight is 523 g/mol. The van der Waals surface area contributed by atoms with E-state index in [-0.39, 0.29) is 11.3 Å². The topological polar surface area (TPSA) is 72.8 Å². The van der Waals surface area contributed by atoms with Crippen molar-refractivity contribution in [1.82, 2.24) is 4.98 Å². The molecule has 4 rings (SSSR count). The van der Waals surface area contributed by atoms with Crippen LogP contribution in [-0.4, -0.2) is 45.9 Å².